The first-order valence-corrected chi connectivity index (χ1v) is 5.85. The van der Waals surface area contributed by atoms with Crippen molar-refractivity contribution >= 4 is 15.9 Å². The van der Waals surface area contributed by atoms with Gasteiger partial charge in [0, 0.05) is 23.8 Å². The highest BCUT2D eigenvalue weighted by Crippen LogP contribution is 2.18. The van der Waals surface area contributed by atoms with Crippen molar-refractivity contribution in [3.8, 4) is 5.88 Å². The number of hydrogen-bond donors (Lipinski definition) is 0. The fourth-order valence-corrected chi connectivity index (χ4v) is 1.26. The second kappa shape index (κ2) is 7.60. The number of rotatable bonds is 7. The first-order valence-electron chi connectivity index (χ1n) is 5.05. The molecular weight excluding hydrogens is 274 g/mol. The van der Waals surface area contributed by atoms with Gasteiger partial charge in [0.15, 0.2) is 0 Å². The molecule has 1 aromatic rings. The average Bonchev–Trinajstić information content (AvgIpc) is 2.28. The zero-order valence-corrected chi connectivity index (χ0v) is 11.1. The molecule has 0 N–H and O–H groups in total. The first kappa shape index (κ1) is 13.4. The van der Waals surface area contributed by atoms with Gasteiger partial charge >= 0.3 is 0 Å². The zero-order chi connectivity index (χ0) is 11.8. The van der Waals surface area contributed by atoms with E-state index in [2.05, 4.69) is 20.9 Å². The molecule has 0 unspecified atom stereocenters. The Labute approximate surface area is 104 Å². The van der Waals surface area contributed by atoms with Crippen LogP contribution >= 0.6 is 15.9 Å². The van der Waals surface area contributed by atoms with Crippen LogP contribution in [-0.2, 0) is 9.47 Å². The fraction of sp³-hybridized carbons (Fsp3) is 0.545. The average molecular weight is 290 g/mol. The van der Waals surface area contributed by atoms with Crippen molar-refractivity contribution in [1.82, 2.24) is 4.98 Å². The van der Waals surface area contributed by atoms with Crippen LogP contribution in [0, 0.1) is 6.92 Å². The number of pyridine rings is 1. The molecule has 1 heterocycles. The second-order valence-corrected chi connectivity index (χ2v) is 4.08. The minimum Gasteiger partial charge on any atom is -0.475 e. The maximum absolute atomic E-state index is 5.42. The molecule has 1 aromatic heterocycles. The third kappa shape index (κ3) is 4.92. The number of ether oxygens (including phenoxy) is 3. The van der Waals surface area contributed by atoms with Crippen LogP contribution in [0.1, 0.15) is 5.56 Å². The summed E-state index contributed by atoms with van der Waals surface area (Å²) in [7, 11) is 1.65. The van der Waals surface area contributed by atoms with Crippen molar-refractivity contribution in [2.75, 3.05) is 33.5 Å². The molecule has 0 spiro atoms. The number of aromatic nitrogens is 1. The van der Waals surface area contributed by atoms with Gasteiger partial charge in [0.1, 0.15) is 6.61 Å². The lowest BCUT2D eigenvalue weighted by Crippen LogP contribution is -2.10. The molecule has 16 heavy (non-hydrogen) atoms. The highest BCUT2D eigenvalue weighted by atomic mass is 79.9. The lowest BCUT2D eigenvalue weighted by Gasteiger charge is -2.07. The second-order valence-electron chi connectivity index (χ2n) is 3.23. The Hall–Kier alpha value is -0.650. The van der Waals surface area contributed by atoms with Crippen LogP contribution in [-0.4, -0.2) is 38.5 Å². The lowest BCUT2D eigenvalue weighted by molar-refractivity contribution is 0.0536. The number of nitrogens with zero attached hydrogens (tertiary/aromatic N) is 1. The molecule has 0 saturated carbocycles. The smallest absolute Gasteiger partial charge is 0.213 e. The van der Waals surface area contributed by atoms with Crippen molar-refractivity contribution < 1.29 is 14.2 Å². The van der Waals surface area contributed by atoms with Crippen molar-refractivity contribution in [3.63, 3.8) is 0 Å². The van der Waals surface area contributed by atoms with Crippen molar-refractivity contribution in [3.05, 3.63) is 22.3 Å². The Bertz CT molecular complexity index is 320. The third-order valence-electron chi connectivity index (χ3n) is 1.93. The Kier molecular flexibility index (Phi) is 6.37. The summed E-state index contributed by atoms with van der Waals surface area (Å²) < 4.78 is 16.5. The highest BCUT2D eigenvalue weighted by Gasteiger charge is 1.99. The topological polar surface area (TPSA) is 40.6 Å². The standard InChI is InChI=1S/C11H16BrNO3/c1-9-7-11(13-8-10(9)12)16-6-5-15-4-3-14-2/h7-8H,3-6H2,1-2H3. The molecule has 0 bridgehead atoms. The summed E-state index contributed by atoms with van der Waals surface area (Å²) in [5.41, 5.74) is 1.10. The maximum atomic E-state index is 5.42. The van der Waals surface area contributed by atoms with E-state index in [1.54, 1.807) is 13.3 Å². The van der Waals surface area contributed by atoms with Crippen LogP contribution in [0.2, 0.25) is 0 Å². The van der Waals surface area contributed by atoms with E-state index in [0.717, 1.165) is 10.0 Å². The van der Waals surface area contributed by atoms with E-state index in [9.17, 15) is 0 Å². The summed E-state index contributed by atoms with van der Waals surface area (Å²) in [5.74, 6) is 0.621. The number of halogens is 1. The number of aryl methyl sites for hydroxylation is 1. The van der Waals surface area contributed by atoms with E-state index >= 15 is 0 Å². The summed E-state index contributed by atoms with van der Waals surface area (Å²) in [6, 6.07) is 1.89. The first-order chi connectivity index (χ1) is 7.74. The Morgan fingerprint density at radius 2 is 2.00 bits per heavy atom. The highest BCUT2D eigenvalue weighted by molar-refractivity contribution is 9.10. The largest absolute Gasteiger partial charge is 0.475 e. The van der Waals surface area contributed by atoms with Crippen LogP contribution in [0.15, 0.2) is 16.7 Å². The maximum Gasteiger partial charge on any atom is 0.213 e. The van der Waals surface area contributed by atoms with E-state index in [1.165, 1.54) is 0 Å². The minimum atomic E-state index is 0.498. The summed E-state index contributed by atoms with van der Waals surface area (Å²) in [6.07, 6.45) is 1.73. The molecule has 0 amide bonds. The lowest BCUT2D eigenvalue weighted by atomic mass is 10.3. The van der Waals surface area contributed by atoms with E-state index in [4.69, 9.17) is 14.2 Å². The van der Waals surface area contributed by atoms with Crippen LogP contribution in [0.3, 0.4) is 0 Å². The molecule has 0 aliphatic carbocycles. The summed E-state index contributed by atoms with van der Waals surface area (Å²) >= 11 is 3.38. The third-order valence-corrected chi connectivity index (χ3v) is 2.76. The van der Waals surface area contributed by atoms with Gasteiger partial charge in [-0.15, -0.1) is 0 Å². The van der Waals surface area contributed by atoms with Crippen LogP contribution in [0.5, 0.6) is 5.88 Å². The van der Waals surface area contributed by atoms with Crippen molar-refractivity contribution in [2.24, 2.45) is 0 Å². The summed E-state index contributed by atoms with van der Waals surface area (Å²) in [5, 5.41) is 0. The van der Waals surface area contributed by atoms with Gasteiger partial charge in [-0.3, -0.25) is 0 Å². The predicted octanol–water partition coefficient (Wildman–Crippen LogP) is 2.19. The number of hydrogen-bond acceptors (Lipinski definition) is 4. The van der Waals surface area contributed by atoms with Crippen molar-refractivity contribution in [2.45, 2.75) is 6.92 Å². The monoisotopic (exact) mass is 289 g/mol. The van der Waals surface area contributed by atoms with Gasteiger partial charge in [-0.2, -0.15) is 0 Å². The Morgan fingerprint density at radius 3 is 2.69 bits per heavy atom. The van der Waals surface area contributed by atoms with Crippen LogP contribution < -0.4 is 4.74 Å². The molecule has 0 fully saturated rings. The summed E-state index contributed by atoms with van der Waals surface area (Å²) in [4.78, 5) is 4.12. The normalized spacial score (nSPS) is 10.4. The predicted molar refractivity (Wildman–Crippen MR) is 64.9 cm³/mol. The molecular formula is C11H16BrNO3. The SMILES string of the molecule is COCCOCCOc1cc(C)c(Br)cn1. The molecule has 1 rings (SSSR count). The molecule has 0 aromatic carbocycles. The summed E-state index contributed by atoms with van der Waals surface area (Å²) in [6.45, 7) is 4.23. The molecule has 0 saturated heterocycles. The quantitative estimate of drug-likeness (QED) is 0.722. The molecule has 0 atom stereocenters. The molecule has 5 heteroatoms. The Balaban J connectivity index is 2.19. The van der Waals surface area contributed by atoms with E-state index in [-0.39, 0.29) is 0 Å². The molecule has 4 nitrogen and oxygen atoms in total. The zero-order valence-electron chi connectivity index (χ0n) is 9.53. The van der Waals surface area contributed by atoms with Crippen molar-refractivity contribution in [1.29, 1.82) is 0 Å². The molecule has 0 aliphatic heterocycles. The van der Waals surface area contributed by atoms with E-state index in [1.807, 2.05) is 13.0 Å². The minimum absolute atomic E-state index is 0.498. The molecule has 0 radical (unpaired) electrons. The van der Waals surface area contributed by atoms with E-state index < -0.39 is 0 Å². The van der Waals surface area contributed by atoms with Crippen LogP contribution in [0.4, 0.5) is 0 Å². The van der Waals surface area contributed by atoms with Crippen LogP contribution in [0.25, 0.3) is 0 Å². The molecule has 0 aliphatic rings. The fourth-order valence-electron chi connectivity index (χ4n) is 1.04. The van der Waals surface area contributed by atoms with Gasteiger partial charge in [0.2, 0.25) is 5.88 Å². The number of methoxy groups -OCH3 is 1. The van der Waals surface area contributed by atoms with Gasteiger partial charge in [0.05, 0.1) is 19.8 Å². The van der Waals surface area contributed by atoms with Gasteiger partial charge in [0.25, 0.3) is 0 Å². The van der Waals surface area contributed by atoms with E-state index in [0.29, 0.717) is 32.3 Å². The van der Waals surface area contributed by atoms with Gasteiger partial charge in [-0.25, -0.2) is 4.98 Å². The molecule has 90 valence electrons. The Morgan fingerprint density at radius 1 is 1.25 bits per heavy atom. The van der Waals surface area contributed by atoms with Gasteiger partial charge in [-0.05, 0) is 28.4 Å². The van der Waals surface area contributed by atoms with Gasteiger partial charge < -0.3 is 14.2 Å². The van der Waals surface area contributed by atoms with Gasteiger partial charge in [-0.1, -0.05) is 0 Å².